The van der Waals surface area contributed by atoms with Gasteiger partial charge in [-0.15, -0.1) is 0 Å². The molecule has 0 radical (unpaired) electrons. The van der Waals surface area contributed by atoms with E-state index in [2.05, 4.69) is 0 Å². The molecule has 6 heteroatoms. The summed E-state index contributed by atoms with van der Waals surface area (Å²) in [7, 11) is 0. The van der Waals surface area contributed by atoms with Crippen molar-refractivity contribution >= 4 is 6.03 Å². The average Bonchev–Trinajstić information content (AvgIpc) is 3.27. The van der Waals surface area contributed by atoms with E-state index in [4.69, 9.17) is 4.84 Å². The number of hydroxylamine groups is 2. The van der Waals surface area contributed by atoms with E-state index in [9.17, 15) is 13.6 Å². The van der Waals surface area contributed by atoms with Crippen LogP contribution in [0.2, 0.25) is 0 Å². The number of carbonyl (C=O) groups excluding carboxylic acids is 1. The van der Waals surface area contributed by atoms with E-state index in [0.29, 0.717) is 13.0 Å². The second kappa shape index (κ2) is 3.69. The van der Waals surface area contributed by atoms with Gasteiger partial charge in [0.1, 0.15) is 0 Å². The molecule has 4 rings (SSSR count). The number of hydrogen-bond donors (Lipinski definition) is 0. The monoisotopic (exact) mass is 280 g/mol. The van der Waals surface area contributed by atoms with Crippen molar-refractivity contribution in [2.75, 3.05) is 13.1 Å². The van der Waals surface area contributed by atoms with Crippen LogP contribution in [0.3, 0.4) is 0 Å². The highest BCUT2D eigenvalue weighted by molar-refractivity contribution is 5.75. The molecule has 1 aromatic carbocycles. The molecule has 2 atom stereocenters. The molecule has 106 valence electrons. The fourth-order valence-corrected chi connectivity index (χ4v) is 3.04. The van der Waals surface area contributed by atoms with Crippen LogP contribution in [0.15, 0.2) is 30.3 Å². The van der Waals surface area contributed by atoms with Crippen molar-refractivity contribution in [1.82, 2.24) is 9.96 Å². The van der Waals surface area contributed by atoms with E-state index in [0.717, 1.165) is 5.56 Å². The quantitative estimate of drug-likeness (QED) is 0.742. The van der Waals surface area contributed by atoms with Gasteiger partial charge in [0, 0.05) is 25.1 Å². The summed E-state index contributed by atoms with van der Waals surface area (Å²) in [4.78, 5) is 18.9. The van der Waals surface area contributed by atoms with Crippen molar-refractivity contribution < 1.29 is 18.4 Å². The molecule has 4 nitrogen and oxygen atoms in total. The molecule has 20 heavy (non-hydrogen) atoms. The Morgan fingerprint density at radius 2 is 2.00 bits per heavy atom. The molecule has 2 amide bonds. The number of amides is 2. The van der Waals surface area contributed by atoms with Crippen LogP contribution in [0.25, 0.3) is 0 Å². The highest BCUT2D eigenvalue weighted by atomic mass is 19.3. The maximum absolute atomic E-state index is 13.3. The summed E-state index contributed by atoms with van der Waals surface area (Å²) in [5, 5.41) is 1.26. The lowest BCUT2D eigenvalue weighted by atomic mass is 10.1. The second-order valence-corrected chi connectivity index (χ2v) is 5.81. The van der Waals surface area contributed by atoms with Gasteiger partial charge in [0.15, 0.2) is 0 Å². The largest absolute Gasteiger partial charge is 0.346 e. The van der Waals surface area contributed by atoms with Gasteiger partial charge in [-0.05, 0) is 6.42 Å². The van der Waals surface area contributed by atoms with Crippen LogP contribution in [0.5, 0.6) is 0 Å². The number of urea groups is 1. The number of likely N-dealkylation sites (tertiary alicyclic amines) is 1. The molecular formula is C14H14F2N2O2. The van der Waals surface area contributed by atoms with Crippen LogP contribution in [0, 0.1) is 5.41 Å². The summed E-state index contributed by atoms with van der Waals surface area (Å²) in [5.41, 5.74) is -0.0625. The molecule has 2 unspecified atom stereocenters. The normalized spacial score (nSPS) is 33.6. The predicted molar refractivity (Wildman–Crippen MR) is 65.7 cm³/mol. The van der Waals surface area contributed by atoms with Crippen molar-refractivity contribution in [2.45, 2.75) is 25.0 Å². The van der Waals surface area contributed by atoms with Gasteiger partial charge in [-0.25, -0.2) is 18.4 Å². The molecule has 2 heterocycles. The highest BCUT2D eigenvalue weighted by Crippen LogP contribution is 2.65. The van der Waals surface area contributed by atoms with Crippen molar-refractivity contribution in [3.8, 4) is 0 Å². The Hall–Kier alpha value is -1.69. The summed E-state index contributed by atoms with van der Waals surface area (Å²) in [6.45, 7) is 0.524. The Labute approximate surface area is 114 Å². The predicted octanol–water partition coefficient (Wildman–Crippen LogP) is 2.78. The van der Waals surface area contributed by atoms with Gasteiger partial charge in [0.2, 0.25) is 6.23 Å². The van der Waals surface area contributed by atoms with Crippen LogP contribution in [-0.2, 0) is 4.84 Å². The molecule has 2 aliphatic heterocycles. The fourth-order valence-electron chi connectivity index (χ4n) is 3.04. The minimum atomic E-state index is -2.60. The summed E-state index contributed by atoms with van der Waals surface area (Å²) in [6, 6.07) is 9.07. The van der Waals surface area contributed by atoms with Gasteiger partial charge < -0.3 is 4.90 Å². The molecule has 1 aliphatic carbocycles. The summed E-state index contributed by atoms with van der Waals surface area (Å²) in [6.07, 6.45) is -0.0811. The van der Waals surface area contributed by atoms with Crippen molar-refractivity contribution in [1.29, 1.82) is 0 Å². The first kappa shape index (κ1) is 12.1. The first-order chi connectivity index (χ1) is 9.52. The van der Waals surface area contributed by atoms with E-state index in [1.807, 2.05) is 30.3 Å². The lowest BCUT2D eigenvalue weighted by Crippen LogP contribution is -2.33. The third kappa shape index (κ3) is 1.64. The van der Waals surface area contributed by atoms with Crippen molar-refractivity contribution in [2.24, 2.45) is 5.41 Å². The molecule has 1 saturated carbocycles. The molecule has 0 aromatic heterocycles. The SMILES string of the molecule is O=C(N1CCC2(C1)CC2(F)F)N1OC1c1ccccc1. The average molecular weight is 280 g/mol. The van der Waals surface area contributed by atoms with Crippen LogP contribution >= 0.6 is 0 Å². The third-order valence-corrected chi connectivity index (χ3v) is 4.49. The summed E-state index contributed by atoms with van der Waals surface area (Å²) >= 11 is 0. The zero-order chi connectivity index (χ0) is 14.0. The van der Waals surface area contributed by atoms with E-state index in [1.54, 1.807) is 0 Å². The number of hydrogen-bond acceptors (Lipinski definition) is 2. The van der Waals surface area contributed by atoms with Gasteiger partial charge in [-0.2, -0.15) is 5.06 Å². The lowest BCUT2D eigenvalue weighted by molar-refractivity contribution is 0.0663. The van der Waals surface area contributed by atoms with E-state index in [1.165, 1.54) is 9.96 Å². The first-order valence-corrected chi connectivity index (χ1v) is 6.70. The van der Waals surface area contributed by atoms with E-state index < -0.39 is 11.3 Å². The van der Waals surface area contributed by atoms with Crippen LogP contribution in [0.4, 0.5) is 13.6 Å². The lowest BCUT2D eigenvalue weighted by Gasteiger charge is -2.15. The Bertz CT molecular complexity index is 566. The van der Waals surface area contributed by atoms with Crippen molar-refractivity contribution in [3.63, 3.8) is 0 Å². The Balaban J connectivity index is 1.41. The molecule has 2 saturated heterocycles. The Kier molecular flexibility index (Phi) is 2.23. The molecule has 1 aromatic rings. The van der Waals surface area contributed by atoms with Crippen molar-refractivity contribution in [3.05, 3.63) is 35.9 Å². The summed E-state index contributed by atoms with van der Waals surface area (Å²) < 4.78 is 26.6. The molecular weight excluding hydrogens is 266 g/mol. The number of carbonyl (C=O) groups is 1. The van der Waals surface area contributed by atoms with Gasteiger partial charge in [0.25, 0.3) is 5.92 Å². The molecule has 3 aliphatic rings. The van der Waals surface area contributed by atoms with E-state index >= 15 is 0 Å². The zero-order valence-electron chi connectivity index (χ0n) is 10.8. The minimum absolute atomic E-state index is 0.0905. The molecule has 0 N–H and O–H groups in total. The van der Waals surface area contributed by atoms with E-state index in [-0.39, 0.29) is 25.2 Å². The fraction of sp³-hybridized carbons (Fsp3) is 0.500. The Morgan fingerprint density at radius 3 is 2.60 bits per heavy atom. The standard InChI is InChI=1S/C14H14F2N2O2/c15-14(16)8-13(14)6-7-17(9-13)12(19)18-11(20-18)10-4-2-1-3-5-10/h1-5,11H,6-9H2. The van der Waals surface area contributed by atoms with Gasteiger partial charge >= 0.3 is 6.03 Å². The summed E-state index contributed by atoms with van der Waals surface area (Å²) in [5.74, 6) is -2.60. The van der Waals surface area contributed by atoms with Crippen LogP contribution in [0.1, 0.15) is 24.6 Å². The molecule has 0 bridgehead atoms. The van der Waals surface area contributed by atoms with Gasteiger partial charge in [0.05, 0.1) is 5.41 Å². The maximum atomic E-state index is 13.3. The second-order valence-electron chi connectivity index (χ2n) is 5.81. The number of nitrogens with zero attached hydrogens (tertiary/aromatic N) is 2. The minimum Gasteiger partial charge on any atom is -0.322 e. The van der Waals surface area contributed by atoms with Gasteiger partial charge in [-0.1, -0.05) is 30.3 Å². The van der Waals surface area contributed by atoms with Gasteiger partial charge in [-0.3, -0.25) is 0 Å². The number of benzene rings is 1. The molecule has 1 spiro atoms. The Morgan fingerprint density at radius 1 is 1.30 bits per heavy atom. The topological polar surface area (TPSA) is 35.9 Å². The third-order valence-electron chi connectivity index (χ3n) is 4.49. The first-order valence-electron chi connectivity index (χ1n) is 6.70. The number of rotatable bonds is 1. The zero-order valence-corrected chi connectivity index (χ0v) is 10.8. The number of halogens is 2. The smallest absolute Gasteiger partial charge is 0.322 e. The maximum Gasteiger partial charge on any atom is 0.346 e. The van der Waals surface area contributed by atoms with Crippen LogP contribution < -0.4 is 0 Å². The molecule has 3 fully saturated rings. The number of alkyl halides is 2. The van der Waals surface area contributed by atoms with Crippen LogP contribution in [-0.4, -0.2) is 35.0 Å². The highest BCUT2D eigenvalue weighted by Gasteiger charge is 2.73.